The van der Waals surface area contributed by atoms with E-state index in [1.807, 2.05) is 0 Å². The molecule has 0 saturated carbocycles. The van der Waals surface area contributed by atoms with Crippen molar-refractivity contribution in [2.24, 2.45) is 0 Å². The molecule has 114 valence electrons. The van der Waals surface area contributed by atoms with Gasteiger partial charge in [-0.05, 0) is 0 Å². The van der Waals surface area contributed by atoms with E-state index in [1.54, 1.807) is 0 Å². The van der Waals surface area contributed by atoms with Crippen LogP contribution in [0.15, 0.2) is 0 Å². The molecule has 2 nitrogen and oxygen atoms in total. The first-order valence-electron chi connectivity index (χ1n) is 8.21. The Morgan fingerprint density at radius 3 is 1.58 bits per heavy atom. The molecule has 0 N–H and O–H groups in total. The summed E-state index contributed by atoms with van der Waals surface area (Å²) in [6.45, 7) is 6.85. The van der Waals surface area contributed by atoms with Crippen LogP contribution in [0.3, 0.4) is 0 Å². The summed E-state index contributed by atoms with van der Waals surface area (Å²) in [6, 6.07) is 0. The summed E-state index contributed by atoms with van der Waals surface area (Å²) in [5, 5.41) is 5.60. The van der Waals surface area contributed by atoms with Crippen LogP contribution in [0.5, 0.6) is 0 Å². The Kier molecular flexibility index (Phi) is 11.8. The van der Waals surface area contributed by atoms with Gasteiger partial charge in [-0.1, -0.05) is 0 Å². The first kappa shape index (κ1) is 19.0. The molecule has 0 aromatic heterocycles. The van der Waals surface area contributed by atoms with Crippen LogP contribution in [0.4, 0.5) is 0 Å². The van der Waals surface area contributed by atoms with E-state index in [9.17, 15) is 4.79 Å². The van der Waals surface area contributed by atoms with E-state index in [0.717, 1.165) is 0 Å². The molecule has 0 heterocycles. The molecule has 0 aromatic rings. The average molecular weight is 331 g/mol. The molecule has 0 aliphatic rings. The summed E-state index contributed by atoms with van der Waals surface area (Å²) in [7, 11) is 1.52. The predicted octanol–water partition coefficient (Wildman–Crippen LogP) is 5.40. The number of rotatable bonds is 12. The SMILES string of the molecule is CCC[CH2][Ge]([CH2]CCC)([CH2]CCC)[CH2]CC(=O)OC. The zero-order valence-electron chi connectivity index (χ0n) is 13.6. The van der Waals surface area contributed by atoms with Crippen molar-refractivity contribution in [1.82, 2.24) is 0 Å². The van der Waals surface area contributed by atoms with E-state index < -0.39 is 13.3 Å². The third-order valence-corrected chi connectivity index (χ3v) is 15.9. The Bertz CT molecular complexity index is 207. The van der Waals surface area contributed by atoms with Crippen LogP contribution in [-0.2, 0) is 9.53 Å². The molecule has 0 aliphatic heterocycles. The van der Waals surface area contributed by atoms with Gasteiger partial charge in [0.1, 0.15) is 0 Å². The Morgan fingerprint density at radius 2 is 1.26 bits per heavy atom. The Morgan fingerprint density at radius 1 is 0.842 bits per heavy atom. The van der Waals surface area contributed by atoms with Gasteiger partial charge in [0.05, 0.1) is 0 Å². The van der Waals surface area contributed by atoms with Gasteiger partial charge >= 0.3 is 123 Å². The predicted molar refractivity (Wildman–Crippen MR) is 86.3 cm³/mol. The molecular weight excluding hydrogens is 297 g/mol. The second kappa shape index (κ2) is 11.8. The van der Waals surface area contributed by atoms with Crippen LogP contribution in [0.2, 0.25) is 21.0 Å². The van der Waals surface area contributed by atoms with E-state index >= 15 is 0 Å². The molecule has 3 heteroatoms. The van der Waals surface area contributed by atoms with Crippen molar-refractivity contribution in [3.63, 3.8) is 0 Å². The summed E-state index contributed by atoms with van der Waals surface area (Å²) in [5.41, 5.74) is 0. The first-order chi connectivity index (χ1) is 9.14. The molecule has 0 rings (SSSR count). The molecule has 0 amide bonds. The van der Waals surface area contributed by atoms with Crippen molar-refractivity contribution in [2.45, 2.75) is 86.7 Å². The molecule has 0 fully saturated rings. The van der Waals surface area contributed by atoms with Gasteiger partial charge < -0.3 is 0 Å². The molecule has 0 atom stereocenters. The number of hydrogen-bond acceptors (Lipinski definition) is 2. The Balaban J connectivity index is 4.60. The van der Waals surface area contributed by atoms with E-state index in [4.69, 9.17) is 4.74 Å². The van der Waals surface area contributed by atoms with Crippen molar-refractivity contribution in [2.75, 3.05) is 7.11 Å². The number of unbranched alkanes of at least 4 members (excludes halogenated alkanes) is 3. The minimum absolute atomic E-state index is 0.000467. The zero-order valence-corrected chi connectivity index (χ0v) is 15.7. The fourth-order valence-electron chi connectivity index (χ4n) is 2.87. The Labute approximate surface area is 123 Å². The third-order valence-electron chi connectivity index (χ3n) is 4.27. The second-order valence-corrected chi connectivity index (χ2v) is 16.4. The third kappa shape index (κ3) is 8.72. The molecule has 0 bridgehead atoms. The van der Waals surface area contributed by atoms with Crippen molar-refractivity contribution in [3.8, 4) is 0 Å². The van der Waals surface area contributed by atoms with Gasteiger partial charge in [-0.3, -0.25) is 0 Å². The normalized spacial score (nSPS) is 11.6. The number of carbonyl (C=O) groups excluding carboxylic acids is 1. The van der Waals surface area contributed by atoms with E-state index in [2.05, 4.69) is 20.8 Å². The molecule has 0 aliphatic carbocycles. The van der Waals surface area contributed by atoms with Gasteiger partial charge in [-0.25, -0.2) is 0 Å². The van der Waals surface area contributed by atoms with Crippen LogP contribution < -0.4 is 0 Å². The maximum absolute atomic E-state index is 11.5. The summed E-state index contributed by atoms with van der Waals surface area (Å²) >= 11 is -1.81. The quantitative estimate of drug-likeness (QED) is 0.354. The topological polar surface area (TPSA) is 26.3 Å². The van der Waals surface area contributed by atoms with Crippen molar-refractivity contribution in [1.29, 1.82) is 0 Å². The standard InChI is InChI=1S/C16H34GeO2/c1-5-8-12-17(13-9-6-2,14-10-7-3)15-11-16(18)19-4/h5-15H2,1-4H3. The number of carbonyl (C=O) groups is 1. The van der Waals surface area contributed by atoms with Gasteiger partial charge in [0.25, 0.3) is 0 Å². The number of esters is 1. The van der Waals surface area contributed by atoms with Crippen LogP contribution >= 0.6 is 0 Å². The number of methoxy groups -OCH3 is 1. The molecule has 0 unspecified atom stereocenters. The van der Waals surface area contributed by atoms with E-state index in [-0.39, 0.29) is 5.97 Å². The van der Waals surface area contributed by atoms with Gasteiger partial charge in [0.2, 0.25) is 0 Å². The average Bonchev–Trinajstić information content (AvgIpc) is 2.45. The van der Waals surface area contributed by atoms with Crippen molar-refractivity contribution >= 4 is 19.2 Å². The fraction of sp³-hybridized carbons (Fsp3) is 0.938. The summed E-state index contributed by atoms with van der Waals surface area (Å²) < 4.78 is 4.85. The number of ether oxygens (including phenoxy) is 1. The van der Waals surface area contributed by atoms with Crippen LogP contribution in [0, 0.1) is 0 Å². The molecule has 0 radical (unpaired) electrons. The summed E-state index contributed by atoms with van der Waals surface area (Å²) in [6.07, 6.45) is 8.67. The van der Waals surface area contributed by atoms with E-state index in [0.29, 0.717) is 6.42 Å². The maximum atomic E-state index is 11.5. The van der Waals surface area contributed by atoms with Crippen LogP contribution in [0.25, 0.3) is 0 Å². The molecule has 0 aromatic carbocycles. The Hall–Kier alpha value is 0.0129. The zero-order chi connectivity index (χ0) is 14.6. The second-order valence-electron chi connectivity index (χ2n) is 5.89. The van der Waals surface area contributed by atoms with Gasteiger partial charge in [0.15, 0.2) is 0 Å². The monoisotopic (exact) mass is 332 g/mol. The number of hydrogen-bond donors (Lipinski definition) is 0. The van der Waals surface area contributed by atoms with Gasteiger partial charge in [-0.15, -0.1) is 0 Å². The van der Waals surface area contributed by atoms with Crippen LogP contribution in [-0.4, -0.2) is 26.3 Å². The fourth-order valence-corrected chi connectivity index (χ4v) is 14.5. The molecule has 19 heavy (non-hydrogen) atoms. The van der Waals surface area contributed by atoms with Crippen LogP contribution in [0.1, 0.15) is 65.7 Å². The summed E-state index contributed by atoms with van der Waals surface area (Å²) in [5.74, 6) is -0.000467. The first-order valence-corrected chi connectivity index (χ1v) is 14.1. The minimum atomic E-state index is -1.81. The van der Waals surface area contributed by atoms with E-state index in [1.165, 1.54) is 66.6 Å². The molecular formula is C16H34GeO2. The molecule has 0 saturated heterocycles. The summed E-state index contributed by atoms with van der Waals surface area (Å²) in [4.78, 5) is 11.5. The van der Waals surface area contributed by atoms with Gasteiger partial charge in [-0.2, -0.15) is 0 Å². The van der Waals surface area contributed by atoms with Crippen molar-refractivity contribution in [3.05, 3.63) is 0 Å². The van der Waals surface area contributed by atoms with Gasteiger partial charge in [0, 0.05) is 0 Å². The van der Waals surface area contributed by atoms with Crippen molar-refractivity contribution < 1.29 is 9.53 Å². The molecule has 0 spiro atoms.